The Balaban J connectivity index is 0.00000220. The third kappa shape index (κ3) is 17.0. The smallest absolute Gasteiger partial charge is 0.300 e. The lowest BCUT2D eigenvalue weighted by molar-refractivity contribution is -0.134. The minimum atomic E-state index is -0.833. The molecule has 180 valence electrons. The highest BCUT2D eigenvalue weighted by atomic mass is 32.2. The summed E-state index contributed by atoms with van der Waals surface area (Å²) < 4.78 is 0.0972. The van der Waals surface area contributed by atoms with Crippen molar-refractivity contribution >= 4 is 29.5 Å². The van der Waals surface area contributed by atoms with Crippen molar-refractivity contribution in [2.45, 2.75) is 90.0 Å². The van der Waals surface area contributed by atoms with Crippen LogP contribution in [-0.4, -0.2) is 26.0 Å². The first-order valence-corrected chi connectivity index (χ1v) is 12.9. The van der Waals surface area contributed by atoms with Gasteiger partial charge in [-0.05, 0) is 97.9 Å². The van der Waals surface area contributed by atoms with Gasteiger partial charge in [0.05, 0.1) is 4.08 Å². The average molecular weight is 479 g/mol. The summed E-state index contributed by atoms with van der Waals surface area (Å²) in [5.74, 6) is 0.541. The summed E-state index contributed by atoms with van der Waals surface area (Å²) in [6, 6.07) is 5.63. The van der Waals surface area contributed by atoms with Crippen LogP contribution in [0.4, 0.5) is 0 Å². The molecule has 0 radical (unpaired) electrons. The number of benzene rings is 1. The third-order valence-electron chi connectivity index (χ3n) is 4.50. The van der Waals surface area contributed by atoms with Crippen LogP contribution >= 0.6 is 23.5 Å². The van der Waals surface area contributed by atoms with E-state index < -0.39 is 5.97 Å². The van der Waals surface area contributed by atoms with Crippen LogP contribution in [0.1, 0.15) is 79.7 Å². The first-order chi connectivity index (χ1) is 14.8. The molecule has 0 heterocycles. The van der Waals surface area contributed by atoms with Crippen molar-refractivity contribution < 1.29 is 15.0 Å². The number of aryl methyl sites for hydroxylation is 1. The number of phenolic OH excluding ortho intramolecular Hbond substituents is 1. The van der Waals surface area contributed by atoms with Crippen molar-refractivity contribution in [3.05, 3.63) is 58.7 Å². The number of rotatable bonds is 11. The number of hydrogen-bond donors (Lipinski definition) is 2. The molecule has 0 unspecified atom stereocenters. The first-order valence-electron chi connectivity index (χ1n) is 11.1. The number of hydrogen-bond acceptors (Lipinski definition) is 4. The molecule has 0 aliphatic carbocycles. The molecule has 0 atom stereocenters. The van der Waals surface area contributed by atoms with Crippen molar-refractivity contribution in [3.8, 4) is 5.75 Å². The van der Waals surface area contributed by atoms with E-state index in [0.717, 1.165) is 37.5 Å². The molecule has 1 aromatic carbocycles. The predicted molar refractivity (Wildman–Crippen MR) is 144 cm³/mol. The van der Waals surface area contributed by atoms with E-state index in [0.29, 0.717) is 5.75 Å². The van der Waals surface area contributed by atoms with Gasteiger partial charge in [0.25, 0.3) is 5.97 Å². The number of phenols is 1. The monoisotopic (exact) mass is 478 g/mol. The van der Waals surface area contributed by atoms with E-state index >= 15 is 0 Å². The molecular formula is C27H42O3S2. The molecular weight excluding hydrogens is 436 g/mol. The quantitative estimate of drug-likeness (QED) is 0.189. The van der Waals surface area contributed by atoms with Crippen molar-refractivity contribution in [1.29, 1.82) is 0 Å². The molecule has 2 N–H and O–H groups in total. The Morgan fingerprint density at radius 2 is 1.50 bits per heavy atom. The van der Waals surface area contributed by atoms with Gasteiger partial charge >= 0.3 is 0 Å². The van der Waals surface area contributed by atoms with E-state index in [1.54, 1.807) is 6.07 Å². The third-order valence-corrected chi connectivity index (χ3v) is 7.30. The highest BCUT2D eigenvalue weighted by molar-refractivity contribution is 8.18. The maximum atomic E-state index is 9.58. The number of allylic oxidation sites excluding steroid dienone is 5. The molecule has 32 heavy (non-hydrogen) atoms. The molecule has 0 amide bonds. The summed E-state index contributed by atoms with van der Waals surface area (Å²) in [5.41, 5.74) is 5.52. The predicted octanol–water partition coefficient (Wildman–Crippen LogP) is 8.77. The molecule has 0 aliphatic heterocycles. The van der Waals surface area contributed by atoms with E-state index in [-0.39, 0.29) is 4.08 Å². The topological polar surface area (TPSA) is 57.5 Å². The fourth-order valence-corrected chi connectivity index (χ4v) is 5.13. The van der Waals surface area contributed by atoms with Gasteiger partial charge in [0, 0.05) is 17.6 Å². The van der Waals surface area contributed by atoms with Gasteiger partial charge in [-0.3, -0.25) is 4.79 Å². The molecule has 0 saturated heterocycles. The van der Waals surface area contributed by atoms with E-state index in [1.807, 2.05) is 35.7 Å². The molecule has 0 aliphatic rings. The highest BCUT2D eigenvalue weighted by Crippen LogP contribution is 2.43. The summed E-state index contributed by atoms with van der Waals surface area (Å²) >= 11 is 3.84. The standard InChI is InChI=1S/C25H38OS2.C2H4O2/c1-19(2)10-8-11-20(3)12-9-13-21(4)16-17-27-25(6,7)28-24-15-14-23(26)18-22(24)5;1-2(3)4/h10,12,14-16,18,26H,8-9,11,13,17H2,1-7H3;1H3,(H,3,4). The molecule has 0 aromatic heterocycles. The summed E-state index contributed by atoms with van der Waals surface area (Å²) in [7, 11) is 0. The zero-order chi connectivity index (χ0) is 24.7. The summed E-state index contributed by atoms with van der Waals surface area (Å²) in [6.45, 7) is 16.5. The van der Waals surface area contributed by atoms with Gasteiger partial charge in [0.1, 0.15) is 5.75 Å². The Morgan fingerprint density at radius 3 is 2.03 bits per heavy atom. The van der Waals surface area contributed by atoms with Crippen molar-refractivity contribution in [1.82, 2.24) is 0 Å². The number of aliphatic carboxylic acids is 1. The van der Waals surface area contributed by atoms with Crippen LogP contribution in [0.15, 0.2) is 58.0 Å². The Bertz CT molecular complexity index is 797. The van der Waals surface area contributed by atoms with Gasteiger partial charge in [-0.25, -0.2) is 0 Å². The van der Waals surface area contributed by atoms with Crippen LogP contribution in [0.5, 0.6) is 5.75 Å². The Kier molecular flexibility index (Phi) is 15.3. The Morgan fingerprint density at radius 1 is 0.969 bits per heavy atom. The number of thioether (sulfide) groups is 2. The Labute approximate surface area is 204 Å². The van der Waals surface area contributed by atoms with Crippen molar-refractivity contribution in [2.75, 3.05) is 5.75 Å². The van der Waals surface area contributed by atoms with Crippen LogP contribution in [0.25, 0.3) is 0 Å². The van der Waals surface area contributed by atoms with Crippen LogP contribution < -0.4 is 0 Å². The first kappa shape index (κ1) is 30.4. The van der Waals surface area contributed by atoms with Crippen molar-refractivity contribution in [3.63, 3.8) is 0 Å². The maximum absolute atomic E-state index is 9.58. The molecule has 5 heteroatoms. The molecule has 3 nitrogen and oxygen atoms in total. The minimum absolute atomic E-state index is 0.0972. The number of carbonyl (C=O) groups is 1. The fourth-order valence-electron chi connectivity index (χ4n) is 2.77. The van der Waals surface area contributed by atoms with Gasteiger partial charge in [0.2, 0.25) is 0 Å². The van der Waals surface area contributed by atoms with Crippen LogP contribution in [0.2, 0.25) is 0 Å². The zero-order valence-corrected chi connectivity index (χ0v) is 22.8. The van der Waals surface area contributed by atoms with Gasteiger partial charge in [-0.15, -0.1) is 23.5 Å². The molecule has 0 fully saturated rings. The van der Waals surface area contributed by atoms with Crippen molar-refractivity contribution in [2.24, 2.45) is 0 Å². The maximum Gasteiger partial charge on any atom is 0.300 e. The summed E-state index contributed by atoms with van der Waals surface area (Å²) in [5, 5.41) is 17.0. The van der Waals surface area contributed by atoms with Crippen LogP contribution in [-0.2, 0) is 4.79 Å². The molecule has 0 bridgehead atoms. The summed E-state index contributed by atoms with van der Waals surface area (Å²) in [6.07, 6.45) is 11.7. The average Bonchev–Trinajstić information content (AvgIpc) is 2.63. The second-order valence-corrected chi connectivity index (χ2v) is 12.3. The molecule has 0 spiro atoms. The van der Waals surface area contributed by atoms with Crippen LogP contribution in [0, 0.1) is 6.92 Å². The van der Waals surface area contributed by atoms with Gasteiger partial charge < -0.3 is 10.2 Å². The normalized spacial score (nSPS) is 12.1. The van der Waals surface area contributed by atoms with Gasteiger partial charge in [0.15, 0.2) is 0 Å². The van der Waals surface area contributed by atoms with Gasteiger partial charge in [-0.1, -0.05) is 34.9 Å². The molecule has 1 aromatic rings. The van der Waals surface area contributed by atoms with E-state index in [2.05, 4.69) is 66.7 Å². The molecule has 0 saturated carbocycles. The molecule has 1 rings (SSSR count). The number of carboxylic acids is 1. The zero-order valence-electron chi connectivity index (χ0n) is 21.1. The second-order valence-electron chi connectivity index (χ2n) is 8.74. The SMILES string of the molecule is CC(=O)O.CC(C)=CCCC(C)=CCCC(C)=CCSC(C)(C)Sc1ccc(O)cc1C. The summed E-state index contributed by atoms with van der Waals surface area (Å²) in [4.78, 5) is 10.2. The lowest BCUT2D eigenvalue weighted by Gasteiger charge is -2.24. The van der Waals surface area contributed by atoms with E-state index in [1.165, 1.54) is 28.0 Å². The minimum Gasteiger partial charge on any atom is -0.508 e. The Hall–Kier alpha value is -1.59. The van der Waals surface area contributed by atoms with Gasteiger partial charge in [-0.2, -0.15) is 0 Å². The van der Waals surface area contributed by atoms with E-state index in [9.17, 15) is 5.11 Å². The van der Waals surface area contributed by atoms with E-state index in [4.69, 9.17) is 9.90 Å². The lowest BCUT2D eigenvalue weighted by Crippen LogP contribution is -2.09. The lowest BCUT2D eigenvalue weighted by atomic mass is 10.1. The highest BCUT2D eigenvalue weighted by Gasteiger charge is 2.20. The number of carboxylic acid groups (broad SMARTS) is 1. The number of aromatic hydroxyl groups is 1. The fraction of sp³-hybridized carbons (Fsp3) is 0.519. The second kappa shape index (κ2) is 16.1. The largest absolute Gasteiger partial charge is 0.508 e. The van der Waals surface area contributed by atoms with Crippen LogP contribution in [0.3, 0.4) is 0 Å².